The first-order valence-electron chi connectivity index (χ1n) is 18.3. The van der Waals surface area contributed by atoms with Crippen LogP contribution < -0.4 is 10.8 Å². The minimum absolute atomic E-state index is 0. The monoisotopic (exact) mass is 693 g/mol. The molecule has 0 saturated heterocycles. The summed E-state index contributed by atoms with van der Waals surface area (Å²) in [7, 11) is -1.91. The molecular weight excluding hydrogens is 632 g/mol. The van der Waals surface area contributed by atoms with Gasteiger partial charge in [0.2, 0.25) is 0 Å². The number of unbranched alkanes of at least 4 members (excludes halogenated alkanes) is 14. The Balaban J connectivity index is 0.0000240. The van der Waals surface area contributed by atoms with Crippen LogP contribution in [0.2, 0.25) is 0 Å². The molecule has 0 saturated carbocycles. The first-order chi connectivity index (χ1) is 23.4. The predicted molar refractivity (Wildman–Crippen MR) is 190 cm³/mol. The molecule has 12 heteroatoms. The number of halogens is 1. The van der Waals surface area contributed by atoms with Crippen LogP contribution in [0.3, 0.4) is 0 Å². The highest BCUT2D eigenvalue weighted by Gasteiger charge is 2.22. The van der Waals surface area contributed by atoms with Crippen molar-refractivity contribution in [1.29, 1.82) is 0 Å². The molecule has 0 fully saturated rings. The lowest BCUT2D eigenvalue weighted by Crippen LogP contribution is -2.33. The molecule has 278 valence electrons. The number of Topliss-reactive ketones (excluding diaryl/α,β-unsaturated/α-hetero) is 2. The third-order valence-electron chi connectivity index (χ3n) is 9.07. The number of nitrogens with one attached hydrogen (secondary N) is 1. The summed E-state index contributed by atoms with van der Waals surface area (Å²) in [5.74, 6) is -4.33. The van der Waals surface area contributed by atoms with Gasteiger partial charge in [0.25, 0.3) is 5.91 Å². The summed E-state index contributed by atoms with van der Waals surface area (Å²) in [6.07, 6.45) is 17.7. The van der Waals surface area contributed by atoms with E-state index in [1.165, 1.54) is 37.8 Å². The molecule has 0 spiro atoms. The average molecular weight is 694 g/mol. The molecule has 0 heterocycles. The van der Waals surface area contributed by atoms with Crippen LogP contribution in [-0.2, 0) is 19.2 Å². The first kappa shape index (κ1) is 43.9. The van der Waals surface area contributed by atoms with Gasteiger partial charge in [0.1, 0.15) is 17.4 Å². The fourth-order valence-corrected chi connectivity index (χ4v) is 5.80. The molecular formula is C37H61BFNO9. The Labute approximate surface area is 293 Å². The summed E-state index contributed by atoms with van der Waals surface area (Å²) in [5.41, 5.74) is -0.118. The van der Waals surface area contributed by atoms with Gasteiger partial charge in [-0.05, 0) is 44.2 Å². The SMILES string of the molecule is C[C@@H](CCCCCC(=O)CC[C@H](CC(=O)CCCCCCCCCCCCCCCNC(=O)c1ccc(B(O)O)c(F)c1)C(=O)O)C(=O)O.[HH]. The normalized spacial score (nSPS) is 12.3. The van der Waals surface area contributed by atoms with Gasteiger partial charge < -0.3 is 25.6 Å². The zero-order valence-electron chi connectivity index (χ0n) is 29.4. The number of hydrogen-bond acceptors (Lipinski definition) is 7. The van der Waals surface area contributed by atoms with Gasteiger partial charge in [-0.2, -0.15) is 0 Å². The molecule has 0 unspecified atom stereocenters. The second-order valence-corrected chi connectivity index (χ2v) is 13.4. The minimum Gasteiger partial charge on any atom is -0.481 e. The number of carboxylic acid groups (broad SMARTS) is 2. The Morgan fingerprint density at radius 1 is 0.694 bits per heavy atom. The van der Waals surface area contributed by atoms with E-state index in [1.807, 2.05) is 0 Å². The number of benzene rings is 1. The van der Waals surface area contributed by atoms with Crippen molar-refractivity contribution in [2.75, 3.05) is 6.54 Å². The van der Waals surface area contributed by atoms with Crippen LogP contribution in [0.15, 0.2) is 18.2 Å². The van der Waals surface area contributed by atoms with Crippen LogP contribution in [0.5, 0.6) is 0 Å². The summed E-state index contributed by atoms with van der Waals surface area (Å²) in [4.78, 5) is 59.1. The van der Waals surface area contributed by atoms with Crippen molar-refractivity contribution in [3.05, 3.63) is 29.6 Å². The van der Waals surface area contributed by atoms with E-state index < -0.39 is 36.7 Å². The largest absolute Gasteiger partial charge is 0.491 e. The molecule has 0 aliphatic heterocycles. The van der Waals surface area contributed by atoms with Gasteiger partial charge >= 0.3 is 19.1 Å². The van der Waals surface area contributed by atoms with E-state index in [0.717, 1.165) is 76.7 Å². The molecule has 1 rings (SSSR count). The molecule has 0 aliphatic rings. The Hall–Kier alpha value is -3.12. The van der Waals surface area contributed by atoms with E-state index in [9.17, 15) is 33.5 Å². The predicted octanol–water partition coefficient (Wildman–Crippen LogP) is 6.62. The van der Waals surface area contributed by atoms with Crippen LogP contribution in [0.4, 0.5) is 4.39 Å². The highest BCUT2D eigenvalue weighted by Crippen LogP contribution is 2.18. The summed E-state index contributed by atoms with van der Waals surface area (Å²) in [6.45, 7) is 2.17. The molecule has 1 amide bonds. The maximum atomic E-state index is 13.8. The van der Waals surface area contributed by atoms with Gasteiger partial charge in [-0.15, -0.1) is 0 Å². The molecule has 1 aromatic rings. The number of carbonyl (C=O) groups excluding carboxylic acids is 3. The van der Waals surface area contributed by atoms with E-state index >= 15 is 0 Å². The van der Waals surface area contributed by atoms with Crippen LogP contribution in [-0.4, -0.2) is 63.3 Å². The van der Waals surface area contributed by atoms with Crippen molar-refractivity contribution in [1.82, 2.24) is 5.32 Å². The van der Waals surface area contributed by atoms with Gasteiger partial charge in [0.15, 0.2) is 0 Å². The van der Waals surface area contributed by atoms with Gasteiger partial charge in [0.05, 0.1) is 11.8 Å². The molecule has 10 nitrogen and oxygen atoms in total. The lowest BCUT2D eigenvalue weighted by Gasteiger charge is -2.11. The van der Waals surface area contributed by atoms with Crippen molar-refractivity contribution >= 4 is 42.0 Å². The molecule has 0 aromatic heterocycles. The number of amides is 1. The zero-order valence-corrected chi connectivity index (χ0v) is 29.4. The summed E-state index contributed by atoms with van der Waals surface area (Å²) >= 11 is 0. The van der Waals surface area contributed by atoms with Gasteiger partial charge in [0, 0.05) is 44.7 Å². The fourth-order valence-electron chi connectivity index (χ4n) is 5.80. The Morgan fingerprint density at radius 3 is 1.71 bits per heavy atom. The number of aliphatic carboxylic acids is 2. The van der Waals surface area contributed by atoms with Crippen LogP contribution in [0.1, 0.15) is 160 Å². The van der Waals surface area contributed by atoms with Crippen molar-refractivity contribution in [3.8, 4) is 0 Å². The van der Waals surface area contributed by atoms with Crippen molar-refractivity contribution in [2.24, 2.45) is 11.8 Å². The number of carboxylic acids is 2. The Bertz CT molecular complexity index is 1150. The quantitative estimate of drug-likeness (QED) is 0.0422. The summed E-state index contributed by atoms with van der Waals surface area (Å²) in [5, 5.41) is 39.3. The van der Waals surface area contributed by atoms with Gasteiger partial charge in [-0.1, -0.05) is 96.5 Å². The van der Waals surface area contributed by atoms with Crippen molar-refractivity contribution < 1.29 is 50.1 Å². The average Bonchev–Trinajstić information content (AvgIpc) is 3.05. The summed E-state index contributed by atoms with van der Waals surface area (Å²) in [6, 6.07) is 3.57. The van der Waals surface area contributed by atoms with E-state index in [2.05, 4.69) is 5.32 Å². The molecule has 0 radical (unpaired) electrons. The lowest BCUT2D eigenvalue weighted by molar-refractivity contribution is -0.144. The molecule has 2 atom stereocenters. The maximum Gasteiger partial charge on any atom is 0.491 e. The Morgan fingerprint density at radius 2 is 1.20 bits per heavy atom. The van der Waals surface area contributed by atoms with Crippen molar-refractivity contribution in [2.45, 2.75) is 148 Å². The zero-order chi connectivity index (χ0) is 36.4. The third-order valence-corrected chi connectivity index (χ3v) is 9.07. The van der Waals surface area contributed by atoms with Gasteiger partial charge in [-0.25, -0.2) is 4.39 Å². The smallest absolute Gasteiger partial charge is 0.481 e. The van der Waals surface area contributed by atoms with Crippen LogP contribution >= 0.6 is 0 Å². The maximum absolute atomic E-state index is 13.8. The van der Waals surface area contributed by atoms with E-state index in [0.29, 0.717) is 32.2 Å². The third kappa shape index (κ3) is 21.6. The number of carbonyl (C=O) groups is 5. The number of hydrogen-bond donors (Lipinski definition) is 5. The number of rotatable bonds is 31. The Kier molecular flexibility index (Phi) is 23.9. The first-order valence-corrected chi connectivity index (χ1v) is 18.3. The highest BCUT2D eigenvalue weighted by molar-refractivity contribution is 6.58. The second-order valence-electron chi connectivity index (χ2n) is 13.4. The minimum atomic E-state index is -1.91. The standard InChI is InChI=1S/C37H59BFNO9.H2/c1-28(36(44)45)18-14-13-16-19-31(41)23-21-30(37(46)47)26-32(42)20-15-11-9-7-5-3-2-4-6-8-10-12-17-25-40-35(43)29-22-24-33(38(48)49)34(39)27-29;/h22,24,27-28,30,48-49H,2-21,23,25-26H2,1H3,(H,40,43)(H,44,45)(H,46,47);1H/t28-,30+;/m0./s1. The topological polar surface area (TPSA) is 178 Å². The fraction of sp³-hybridized carbons (Fsp3) is 0.703. The summed E-state index contributed by atoms with van der Waals surface area (Å²) < 4.78 is 13.8. The van der Waals surface area contributed by atoms with E-state index in [-0.39, 0.29) is 49.2 Å². The highest BCUT2D eigenvalue weighted by atomic mass is 19.1. The van der Waals surface area contributed by atoms with Crippen LogP contribution in [0, 0.1) is 17.7 Å². The van der Waals surface area contributed by atoms with Crippen LogP contribution in [0.25, 0.3) is 0 Å². The lowest BCUT2D eigenvalue weighted by atomic mass is 9.79. The number of ketones is 2. The molecule has 1 aromatic carbocycles. The van der Waals surface area contributed by atoms with E-state index in [4.69, 9.17) is 15.2 Å². The van der Waals surface area contributed by atoms with E-state index in [1.54, 1.807) is 6.92 Å². The molecule has 0 aliphatic carbocycles. The molecule has 5 N–H and O–H groups in total. The molecule has 49 heavy (non-hydrogen) atoms. The van der Waals surface area contributed by atoms with Gasteiger partial charge in [-0.3, -0.25) is 24.0 Å². The van der Waals surface area contributed by atoms with Crippen molar-refractivity contribution in [3.63, 3.8) is 0 Å². The molecule has 0 bridgehead atoms. The second kappa shape index (κ2) is 26.7.